The van der Waals surface area contributed by atoms with Crippen molar-refractivity contribution in [2.45, 2.75) is 6.42 Å². The topological polar surface area (TPSA) is 75.6 Å². The molecule has 0 radical (unpaired) electrons. The van der Waals surface area contributed by atoms with E-state index in [9.17, 15) is 4.79 Å². The lowest BCUT2D eigenvalue weighted by molar-refractivity contribution is 0.767. The molecule has 2 heterocycles. The molecular weight excluding hydrogens is 242 g/mol. The number of aromatic amines is 1. The van der Waals surface area contributed by atoms with E-state index in [4.69, 9.17) is 11.6 Å². The quantitative estimate of drug-likeness (QED) is 0.846. The van der Waals surface area contributed by atoms with Crippen LogP contribution in [0.3, 0.4) is 0 Å². The van der Waals surface area contributed by atoms with E-state index in [-0.39, 0.29) is 10.6 Å². The maximum Gasteiger partial charge on any atom is 0.271 e. The van der Waals surface area contributed by atoms with Gasteiger partial charge in [-0.3, -0.25) is 9.48 Å². The first-order valence-corrected chi connectivity index (χ1v) is 5.49. The van der Waals surface area contributed by atoms with Crippen LogP contribution in [-0.4, -0.2) is 26.3 Å². The number of hydrogen-bond acceptors (Lipinski definition) is 4. The van der Waals surface area contributed by atoms with Crippen molar-refractivity contribution < 1.29 is 0 Å². The molecule has 17 heavy (non-hydrogen) atoms. The van der Waals surface area contributed by atoms with E-state index in [1.165, 1.54) is 6.33 Å². The van der Waals surface area contributed by atoms with Crippen molar-refractivity contribution in [1.29, 1.82) is 0 Å². The van der Waals surface area contributed by atoms with Crippen LogP contribution in [0.25, 0.3) is 0 Å². The van der Waals surface area contributed by atoms with Gasteiger partial charge in [0.25, 0.3) is 5.56 Å². The number of nitrogens with one attached hydrogen (secondary N) is 2. The number of halogens is 1. The zero-order valence-corrected chi connectivity index (χ0v) is 10.0. The molecule has 0 aromatic carbocycles. The molecule has 6 nitrogen and oxygen atoms in total. The van der Waals surface area contributed by atoms with Gasteiger partial charge in [-0.2, -0.15) is 5.10 Å². The van der Waals surface area contributed by atoms with E-state index in [0.29, 0.717) is 12.4 Å². The van der Waals surface area contributed by atoms with Crippen molar-refractivity contribution in [2.24, 2.45) is 7.05 Å². The fourth-order valence-corrected chi connectivity index (χ4v) is 1.60. The minimum atomic E-state index is -0.342. The maximum atomic E-state index is 11.2. The highest BCUT2D eigenvalue weighted by Crippen LogP contribution is 2.11. The molecule has 0 saturated heterocycles. The van der Waals surface area contributed by atoms with Crippen LogP contribution in [0.15, 0.2) is 23.5 Å². The Morgan fingerprint density at radius 1 is 1.59 bits per heavy atom. The van der Waals surface area contributed by atoms with Gasteiger partial charge in [-0.15, -0.1) is 0 Å². The number of aromatic nitrogens is 4. The zero-order valence-electron chi connectivity index (χ0n) is 9.27. The van der Waals surface area contributed by atoms with E-state index >= 15 is 0 Å². The number of rotatable bonds is 4. The number of nitrogens with zero attached hydrogens (tertiary/aromatic N) is 3. The Morgan fingerprint density at radius 3 is 3.12 bits per heavy atom. The van der Waals surface area contributed by atoms with Gasteiger partial charge in [0.15, 0.2) is 5.82 Å². The third-order valence-corrected chi connectivity index (χ3v) is 2.61. The summed E-state index contributed by atoms with van der Waals surface area (Å²) in [6.45, 7) is 0.641. The Morgan fingerprint density at radius 2 is 2.41 bits per heavy atom. The number of anilines is 1. The van der Waals surface area contributed by atoms with E-state index in [1.807, 2.05) is 13.2 Å². The van der Waals surface area contributed by atoms with Crippen LogP contribution >= 0.6 is 11.6 Å². The Balaban J connectivity index is 1.94. The summed E-state index contributed by atoms with van der Waals surface area (Å²) in [7, 11) is 1.87. The molecule has 0 aliphatic heterocycles. The second-order valence-corrected chi connectivity index (χ2v) is 3.97. The molecule has 90 valence electrons. The van der Waals surface area contributed by atoms with Crippen LogP contribution < -0.4 is 10.9 Å². The third kappa shape index (κ3) is 2.85. The van der Waals surface area contributed by atoms with E-state index in [1.54, 1.807) is 10.9 Å². The number of aryl methyl sites for hydroxylation is 1. The molecule has 0 unspecified atom stereocenters. The van der Waals surface area contributed by atoms with Gasteiger partial charge in [0.2, 0.25) is 0 Å². The maximum absolute atomic E-state index is 11.2. The van der Waals surface area contributed by atoms with Crippen LogP contribution in [-0.2, 0) is 13.5 Å². The van der Waals surface area contributed by atoms with Gasteiger partial charge < -0.3 is 10.3 Å². The molecule has 0 atom stereocenters. The summed E-state index contributed by atoms with van der Waals surface area (Å²) < 4.78 is 1.74. The first-order valence-electron chi connectivity index (χ1n) is 5.11. The van der Waals surface area contributed by atoms with Crippen molar-refractivity contribution >= 4 is 17.4 Å². The largest absolute Gasteiger partial charge is 0.368 e. The summed E-state index contributed by atoms with van der Waals surface area (Å²) in [6, 6.07) is 0. The minimum Gasteiger partial charge on any atom is -0.368 e. The molecular formula is C10H12ClN5O. The summed E-state index contributed by atoms with van der Waals surface area (Å²) in [5, 5.41) is 7.16. The summed E-state index contributed by atoms with van der Waals surface area (Å²) >= 11 is 5.79. The summed E-state index contributed by atoms with van der Waals surface area (Å²) in [4.78, 5) is 17.6. The van der Waals surface area contributed by atoms with Gasteiger partial charge in [0.05, 0.1) is 12.5 Å². The first kappa shape index (κ1) is 11.7. The molecule has 0 amide bonds. The summed E-state index contributed by atoms with van der Waals surface area (Å²) in [6.07, 6.45) is 5.85. The predicted molar refractivity (Wildman–Crippen MR) is 65.3 cm³/mol. The molecule has 2 rings (SSSR count). The van der Waals surface area contributed by atoms with E-state index < -0.39 is 0 Å². The van der Waals surface area contributed by atoms with Crippen LogP contribution in [0.1, 0.15) is 5.56 Å². The van der Waals surface area contributed by atoms with Gasteiger partial charge in [-0.25, -0.2) is 4.98 Å². The van der Waals surface area contributed by atoms with Crippen LogP contribution in [0.4, 0.5) is 5.82 Å². The Bertz CT molecular complexity index is 562. The van der Waals surface area contributed by atoms with Gasteiger partial charge >= 0.3 is 0 Å². The van der Waals surface area contributed by atoms with Crippen LogP contribution in [0, 0.1) is 0 Å². The van der Waals surface area contributed by atoms with Crippen LogP contribution in [0.5, 0.6) is 0 Å². The van der Waals surface area contributed by atoms with Gasteiger partial charge in [-0.1, -0.05) is 11.6 Å². The molecule has 0 saturated carbocycles. The van der Waals surface area contributed by atoms with E-state index in [0.717, 1.165) is 12.0 Å². The number of H-pyrrole nitrogens is 1. The Labute approximate surface area is 103 Å². The molecule has 0 aliphatic rings. The second-order valence-electron chi connectivity index (χ2n) is 3.59. The third-order valence-electron chi connectivity index (χ3n) is 2.26. The predicted octanol–water partition coefficient (Wildman–Crippen LogP) is 0.811. The lowest BCUT2D eigenvalue weighted by Crippen LogP contribution is -2.13. The minimum absolute atomic E-state index is 0.0821. The molecule has 2 N–H and O–H groups in total. The normalized spacial score (nSPS) is 10.5. The van der Waals surface area contributed by atoms with Gasteiger partial charge in [0, 0.05) is 19.8 Å². The lowest BCUT2D eigenvalue weighted by atomic mass is 10.2. The van der Waals surface area contributed by atoms with Crippen molar-refractivity contribution in [3.63, 3.8) is 0 Å². The van der Waals surface area contributed by atoms with Crippen molar-refractivity contribution in [3.8, 4) is 0 Å². The fourth-order valence-electron chi connectivity index (χ4n) is 1.43. The second kappa shape index (κ2) is 5.01. The highest BCUT2D eigenvalue weighted by atomic mass is 35.5. The van der Waals surface area contributed by atoms with Crippen molar-refractivity contribution in [2.75, 3.05) is 11.9 Å². The fraction of sp³-hybridized carbons (Fsp3) is 0.300. The highest BCUT2D eigenvalue weighted by molar-refractivity contribution is 6.32. The van der Waals surface area contributed by atoms with E-state index in [2.05, 4.69) is 20.4 Å². The SMILES string of the molecule is Cn1cc(CCNc2nc[nH]c(=O)c2Cl)cn1. The van der Waals surface area contributed by atoms with Crippen molar-refractivity contribution in [1.82, 2.24) is 19.7 Å². The summed E-state index contributed by atoms with van der Waals surface area (Å²) in [5.74, 6) is 0.402. The molecule has 0 fully saturated rings. The molecule has 2 aromatic rings. The molecule has 0 aliphatic carbocycles. The van der Waals surface area contributed by atoms with Crippen molar-refractivity contribution in [3.05, 3.63) is 39.7 Å². The standard InChI is InChI=1S/C10H12ClN5O/c1-16-5-7(4-15-16)2-3-12-9-8(11)10(17)14-6-13-9/h4-6H,2-3H2,1H3,(H2,12,13,14,17). The first-order chi connectivity index (χ1) is 8.16. The molecule has 0 spiro atoms. The number of hydrogen-bond donors (Lipinski definition) is 2. The smallest absolute Gasteiger partial charge is 0.271 e. The molecule has 7 heteroatoms. The Kier molecular flexibility index (Phi) is 3.43. The average Bonchev–Trinajstić information content (AvgIpc) is 2.70. The lowest BCUT2D eigenvalue weighted by Gasteiger charge is -2.04. The monoisotopic (exact) mass is 253 g/mol. The average molecular weight is 254 g/mol. The summed E-state index contributed by atoms with van der Waals surface area (Å²) in [5.41, 5.74) is 0.770. The molecule has 0 bridgehead atoms. The Hall–Kier alpha value is -1.82. The van der Waals surface area contributed by atoms with Gasteiger partial charge in [-0.05, 0) is 12.0 Å². The highest BCUT2D eigenvalue weighted by Gasteiger charge is 2.04. The van der Waals surface area contributed by atoms with Gasteiger partial charge in [0.1, 0.15) is 5.02 Å². The zero-order chi connectivity index (χ0) is 12.3. The van der Waals surface area contributed by atoms with Crippen LogP contribution in [0.2, 0.25) is 5.02 Å². The molecule has 2 aromatic heterocycles.